The molecule has 7 heteroatoms. The lowest BCUT2D eigenvalue weighted by molar-refractivity contribution is -0.138. The summed E-state index contributed by atoms with van der Waals surface area (Å²) in [6.45, 7) is 1.63. The van der Waals surface area contributed by atoms with Crippen molar-refractivity contribution in [3.63, 3.8) is 0 Å². The lowest BCUT2D eigenvalue weighted by atomic mass is 10.1. The van der Waals surface area contributed by atoms with E-state index in [0.717, 1.165) is 15.6 Å². The fraction of sp³-hybridized carbons (Fsp3) is 0.381. The molecule has 28 heavy (non-hydrogen) atoms. The number of nitrogens with zero attached hydrogens (tertiary/aromatic N) is 1. The molecule has 0 aliphatic carbocycles. The van der Waals surface area contributed by atoms with Crippen molar-refractivity contribution in [1.82, 2.24) is 4.90 Å². The van der Waals surface area contributed by atoms with Crippen LogP contribution in [0, 0.1) is 0 Å². The molecule has 0 aromatic heterocycles. The zero-order valence-corrected chi connectivity index (χ0v) is 17.8. The third kappa shape index (κ3) is 4.59. The number of hydrogen-bond acceptors (Lipinski definition) is 5. The average Bonchev–Trinajstić information content (AvgIpc) is 2.73. The van der Waals surface area contributed by atoms with Crippen molar-refractivity contribution < 1.29 is 23.7 Å². The van der Waals surface area contributed by atoms with Crippen molar-refractivity contribution in [3.8, 4) is 17.2 Å². The van der Waals surface area contributed by atoms with Crippen molar-refractivity contribution in [2.75, 3.05) is 41.0 Å². The third-order valence-corrected chi connectivity index (χ3v) is 5.27. The predicted molar refractivity (Wildman–Crippen MR) is 109 cm³/mol. The summed E-state index contributed by atoms with van der Waals surface area (Å²) in [6.07, 6.45) is 0.134. The van der Waals surface area contributed by atoms with Crippen LogP contribution in [0.2, 0.25) is 0 Å². The fourth-order valence-corrected chi connectivity index (χ4v) is 3.54. The van der Waals surface area contributed by atoms with Crippen LogP contribution in [0.4, 0.5) is 0 Å². The molecule has 6 nitrogen and oxygen atoms in total. The number of amides is 1. The largest absolute Gasteiger partial charge is 0.493 e. The van der Waals surface area contributed by atoms with Gasteiger partial charge in [0.1, 0.15) is 6.10 Å². The Hall–Kier alpha value is -2.25. The van der Waals surface area contributed by atoms with Gasteiger partial charge in [0.05, 0.1) is 40.9 Å². The Bertz CT molecular complexity index is 799. The average molecular weight is 450 g/mol. The summed E-state index contributed by atoms with van der Waals surface area (Å²) in [4.78, 5) is 14.7. The van der Waals surface area contributed by atoms with Crippen molar-refractivity contribution in [2.24, 2.45) is 0 Å². The molecule has 1 fully saturated rings. The highest BCUT2D eigenvalue weighted by Gasteiger charge is 2.26. The van der Waals surface area contributed by atoms with E-state index in [1.54, 1.807) is 21.3 Å². The van der Waals surface area contributed by atoms with Crippen LogP contribution in [0.15, 0.2) is 40.9 Å². The molecular formula is C21H24BrNO5. The topological polar surface area (TPSA) is 57.2 Å². The molecule has 0 radical (unpaired) electrons. The maximum absolute atomic E-state index is 12.9. The first-order valence-corrected chi connectivity index (χ1v) is 9.78. The van der Waals surface area contributed by atoms with Crippen molar-refractivity contribution in [3.05, 3.63) is 52.0 Å². The zero-order valence-electron chi connectivity index (χ0n) is 16.2. The third-order valence-electron chi connectivity index (χ3n) is 4.74. The van der Waals surface area contributed by atoms with Gasteiger partial charge in [-0.25, -0.2) is 0 Å². The molecule has 0 N–H and O–H groups in total. The van der Waals surface area contributed by atoms with E-state index in [1.165, 1.54) is 0 Å². The van der Waals surface area contributed by atoms with Gasteiger partial charge in [-0.1, -0.05) is 28.1 Å². The van der Waals surface area contributed by atoms with Crippen LogP contribution in [0.3, 0.4) is 0 Å². The number of halogens is 1. The molecule has 1 amide bonds. The summed E-state index contributed by atoms with van der Waals surface area (Å²) in [6, 6.07) is 11.6. The van der Waals surface area contributed by atoms with Crippen molar-refractivity contribution >= 4 is 21.8 Å². The van der Waals surface area contributed by atoms with Crippen LogP contribution >= 0.6 is 15.9 Å². The second kappa shape index (κ2) is 9.30. The molecular weight excluding hydrogens is 426 g/mol. The van der Waals surface area contributed by atoms with E-state index in [0.29, 0.717) is 36.9 Å². The lowest BCUT2D eigenvalue weighted by Crippen LogP contribution is -2.43. The number of methoxy groups -OCH3 is 3. The number of carbonyl (C=O) groups excluding carboxylic acids is 1. The summed E-state index contributed by atoms with van der Waals surface area (Å²) in [7, 11) is 4.68. The molecule has 3 rings (SSSR count). The van der Waals surface area contributed by atoms with Gasteiger partial charge in [0, 0.05) is 11.0 Å². The molecule has 1 aliphatic rings. The summed E-state index contributed by atoms with van der Waals surface area (Å²) < 4.78 is 23.0. The first-order chi connectivity index (χ1) is 13.5. The SMILES string of the molecule is COc1cc(CC(=O)N2CCOC(c3ccc(Br)cc3)C2)cc(OC)c1OC. The Balaban J connectivity index is 1.72. The Kier molecular flexibility index (Phi) is 6.80. The van der Waals surface area contributed by atoms with Gasteiger partial charge in [-0.15, -0.1) is 0 Å². The molecule has 1 unspecified atom stereocenters. The zero-order chi connectivity index (χ0) is 20.1. The molecule has 0 bridgehead atoms. The highest BCUT2D eigenvalue weighted by atomic mass is 79.9. The van der Waals surface area contributed by atoms with Gasteiger partial charge in [-0.2, -0.15) is 0 Å². The highest BCUT2D eigenvalue weighted by molar-refractivity contribution is 9.10. The number of rotatable bonds is 6. The molecule has 1 aliphatic heterocycles. The van der Waals surface area contributed by atoms with Gasteiger partial charge < -0.3 is 23.8 Å². The maximum atomic E-state index is 12.9. The minimum absolute atomic E-state index is 0.0414. The highest BCUT2D eigenvalue weighted by Crippen LogP contribution is 2.38. The lowest BCUT2D eigenvalue weighted by Gasteiger charge is -2.33. The summed E-state index contributed by atoms with van der Waals surface area (Å²) in [5.74, 6) is 1.64. The van der Waals surface area contributed by atoms with E-state index in [4.69, 9.17) is 18.9 Å². The van der Waals surface area contributed by atoms with Gasteiger partial charge in [-0.3, -0.25) is 4.79 Å². The fourth-order valence-electron chi connectivity index (χ4n) is 3.28. The number of morpholine rings is 1. The summed E-state index contributed by atoms with van der Waals surface area (Å²) in [5.41, 5.74) is 1.87. The molecule has 2 aromatic rings. The van der Waals surface area contributed by atoms with Crippen molar-refractivity contribution in [2.45, 2.75) is 12.5 Å². The quantitative estimate of drug-likeness (QED) is 0.673. The predicted octanol–water partition coefficient (Wildman–Crippen LogP) is 3.62. The Morgan fingerprint density at radius 1 is 1.11 bits per heavy atom. The van der Waals surface area contributed by atoms with Crippen molar-refractivity contribution in [1.29, 1.82) is 0 Å². The second-order valence-corrected chi connectivity index (χ2v) is 7.38. The summed E-state index contributed by atoms with van der Waals surface area (Å²) >= 11 is 3.44. The van der Waals surface area contributed by atoms with Crippen LogP contribution < -0.4 is 14.2 Å². The molecule has 1 saturated heterocycles. The van der Waals surface area contributed by atoms with E-state index in [-0.39, 0.29) is 18.4 Å². The van der Waals surface area contributed by atoms with Gasteiger partial charge in [-0.05, 0) is 35.4 Å². The first-order valence-electron chi connectivity index (χ1n) is 8.99. The molecule has 0 saturated carbocycles. The van der Waals surface area contributed by atoms with Crippen LogP contribution in [0.1, 0.15) is 17.2 Å². The van der Waals surface area contributed by atoms with Crippen LogP contribution in [-0.2, 0) is 16.0 Å². The van der Waals surface area contributed by atoms with Gasteiger partial charge in [0.15, 0.2) is 11.5 Å². The van der Waals surface area contributed by atoms with Gasteiger partial charge >= 0.3 is 0 Å². The smallest absolute Gasteiger partial charge is 0.227 e. The van der Waals surface area contributed by atoms with Crippen LogP contribution in [-0.4, -0.2) is 51.8 Å². The van der Waals surface area contributed by atoms with Gasteiger partial charge in [0.2, 0.25) is 11.7 Å². The number of benzene rings is 2. The van der Waals surface area contributed by atoms with E-state index in [2.05, 4.69) is 15.9 Å². The monoisotopic (exact) mass is 449 g/mol. The standard InChI is InChI=1S/C21H24BrNO5/c1-25-17-10-14(11-18(26-2)21(17)27-3)12-20(24)23-8-9-28-19(13-23)15-4-6-16(22)7-5-15/h4-7,10-11,19H,8-9,12-13H2,1-3H3. The Morgan fingerprint density at radius 3 is 2.32 bits per heavy atom. The molecule has 1 atom stereocenters. The summed E-state index contributed by atoms with van der Waals surface area (Å²) in [5, 5.41) is 0. The Morgan fingerprint density at radius 2 is 1.75 bits per heavy atom. The normalized spacial score (nSPS) is 16.6. The molecule has 2 aromatic carbocycles. The minimum Gasteiger partial charge on any atom is -0.493 e. The Labute approximate surface area is 173 Å². The minimum atomic E-state index is -0.120. The number of hydrogen-bond donors (Lipinski definition) is 0. The molecule has 150 valence electrons. The van der Waals surface area contributed by atoms with Crippen LogP contribution in [0.5, 0.6) is 17.2 Å². The van der Waals surface area contributed by atoms with E-state index in [1.807, 2.05) is 41.3 Å². The maximum Gasteiger partial charge on any atom is 0.227 e. The van der Waals surface area contributed by atoms with E-state index >= 15 is 0 Å². The number of carbonyl (C=O) groups is 1. The van der Waals surface area contributed by atoms with E-state index in [9.17, 15) is 4.79 Å². The van der Waals surface area contributed by atoms with Crippen LogP contribution in [0.25, 0.3) is 0 Å². The first kappa shape index (κ1) is 20.5. The second-order valence-electron chi connectivity index (χ2n) is 6.46. The number of ether oxygens (including phenoxy) is 4. The molecule has 1 heterocycles. The van der Waals surface area contributed by atoms with E-state index < -0.39 is 0 Å². The van der Waals surface area contributed by atoms with Gasteiger partial charge in [0.25, 0.3) is 0 Å². The molecule has 0 spiro atoms.